The number of nitrogens with zero attached hydrogens (tertiary/aromatic N) is 1. The van der Waals surface area contributed by atoms with Crippen molar-refractivity contribution in [3.63, 3.8) is 0 Å². The number of rotatable bonds is 5. The van der Waals surface area contributed by atoms with Gasteiger partial charge in [-0.1, -0.05) is 24.3 Å². The fourth-order valence-electron chi connectivity index (χ4n) is 2.26. The van der Waals surface area contributed by atoms with Crippen molar-refractivity contribution >= 4 is 21.8 Å². The van der Waals surface area contributed by atoms with Crippen LogP contribution in [0.15, 0.2) is 24.3 Å². The van der Waals surface area contributed by atoms with E-state index in [0.717, 1.165) is 30.0 Å². The van der Waals surface area contributed by atoms with E-state index in [1.807, 2.05) is 43.1 Å². The topological polar surface area (TPSA) is 49.4 Å². The number of hydrogen-bond donors (Lipinski definition) is 1. The zero-order chi connectivity index (χ0) is 14.4. The molecule has 0 spiro atoms. The lowest BCUT2D eigenvalue weighted by Gasteiger charge is -2.19. The molecule has 2 rings (SSSR count). The normalized spacial score (nSPS) is 17.9. The summed E-state index contributed by atoms with van der Waals surface area (Å²) in [6, 6.07) is 7.80. The molecule has 0 amide bonds. The van der Waals surface area contributed by atoms with Gasteiger partial charge in [-0.3, -0.25) is 0 Å². The molecule has 0 aliphatic carbocycles. The highest BCUT2D eigenvalue weighted by Gasteiger charge is 2.23. The van der Waals surface area contributed by atoms with Gasteiger partial charge in [-0.2, -0.15) is 11.8 Å². The first-order valence-corrected chi connectivity index (χ1v) is 9.66. The van der Waals surface area contributed by atoms with E-state index in [4.69, 9.17) is 0 Å². The van der Waals surface area contributed by atoms with Gasteiger partial charge in [0.15, 0.2) is 0 Å². The Bertz CT molecular complexity index is 506. The Morgan fingerprint density at radius 3 is 2.55 bits per heavy atom. The molecule has 1 fully saturated rings. The molecule has 1 N–H and O–H groups in total. The SMILES string of the molecule is CNCc1ccc(CS(=O)(=O)N2CCCSCC2)cc1. The minimum Gasteiger partial charge on any atom is -0.316 e. The van der Waals surface area contributed by atoms with Crippen molar-refractivity contribution in [1.82, 2.24) is 9.62 Å². The minimum absolute atomic E-state index is 0.109. The molecule has 0 aromatic heterocycles. The van der Waals surface area contributed by atoms with Crippen LogP contribution in [0.3, 0.4) is 0 Å². The van der Waals surface area contributed by atoms with Crippen molar-refractivity contribution in [3.05, 3.63) is 35.4 Å². The molecule has 1 aliphatic heterocycles. The molecule has 20 heavy (non-hydrogen) atoms. The molecule has 0 unspecified atom stereocenters. The van der Waals surface area contributed by atoms with Crippen molar-refractivity contribution in [3.8, 4) is 0 Å². The van der Waals surface area contributed by atoms with Crippen LogP contribution in [0.5, 0.6) is 0 Å². The Kier molecular flexibility index (Phi) is 5.89. The summed E-state index contributed by atoms with van der Waals surface area (Å²) in [5.74, 6) is 2.07. The highest BCUT2D eigenvalue weighted by Crippen LogP contribution is 2.17. The summed E-state index contributed by atoms with van der Waals surface area (Å²) in [6.45, 7) is 2.11. The maximum absolute atomic E-state index is 12.4. The van der Waals surface area contributed by atoms with Gasteiger partial charge in [-0.15, -0.1) is 0 Å². The number of sulfonamides is 1. The van der Waals surface area contributed by atoms with Gasteiger partial charge in [0.05, 0.1) is 5.75 Å². The van der Waals surface area contributed by atoms with Gasteiger partial charge in [0, 0.05) is 25.4 Å². The molecule has 0 atom stereocenters. The molecule has 1 heterocycles. The third-order valence-electron chi connectivity index (χ3n) is 3.33. The molecular formula is C14H22N2O2S2. The van der Waals surface area contributed by atoms with Crippen molar-refractivity contribution in [2.24, 2.45) is 0 Å². The van der Waals surface area contributed by atoms with E-state index < -0.39 is 10.0 Å². The van der Waals surface area contributed by atoms with E-state index in [1.165, 1.54) is 5.56 Å². The van der Waals surface area contributed by atoms with E-state index in [0.29, 0.717) is 13.1 Å². The Morgan fingerprint density at radius 1 is 1.15 bits per heavy atom. The van der Waals surface area contributed by atoms with Gasteiger partial charge in [-0.25, -0.2) is 12.7 Å². The standard InChI is InChI=1S/C14H22N2O2S2/c1-15-11-13-3-5-14(6-4-13)12-20(17,18)16-7-2-9-19-10-8-16/h3-6,15H,2,7-12H2,1H3. The Hall–Kier alpha value is -0.560. The monoisotopic (exact) mass is 314 g/mol. The van der Waals surface area contributed by atoms with Crippen LogP contribution in [0, 0.1) is 0 Å². The first kappa shape index (κ1) is 15.8. The quantitative estimate of drug-likeness (QED) is 0.898. The van der Waals surface area contributed by atoms with Crippen LogP contribution in [-0.4, -0.2) is 44.4 Å². The molecule has 0 bridgehead atoms. The highest BCUT2D eigenvalue weighted by atomic mass is 32.2. The third-order valence-corrected chi connectivity index (χ3v) is 6.23. The zero-order valence-electron chi connectivity index (χ0n) is 11.8. The van der Waals surface area contributed by atoms with Crippen LogP contribution >= 0.6 is 11.8 Å². The van der Waals surface area contributed by atoms with Crippen molar-refractivity contribution in [2.75, 3.05) is 31.6 Å². The second-order valence-corrected chi connectivity index (χ2v) is 8.16. The van der Waals surface area contributed by atoms with Gasteiger partial charge in [0.1, 0.15) is 0 Å². The molecule has 4 nitrogen and oxygen atoms in total. The van der Waals surface area contributed by atoms with Crippen molar-refractivity contribution in [1.29, 1.82) is 0 Å². The van der Waals surface area contributed by atoms with Crippen LogP contribution in [0.2, 0.25) is 0 Å². The average molecular weight is 314 g/mol. The number of benzene rings is 1. The molecule has 1 aliphatic rings. The summed E-state index contributed by atoms with van der Waals surface area (Å²) in [6.07, 6.45) is 0.949. The first-order valence-electron chi connectivity index (χ1n) is 6.90. The Balaban J connectivity index is 2.03. The summed E-state index contributed by atoms with van der Waals surface area (Å²) < 4.78 is 26.5. The number of thioether (sulfide) groups is 1. The number of nitrogens with one attached hydrogen (secondary N) is 1. The maximum Gasteiger partial charge on any atom is 0.218 e. The van der Waals surface area contributed by atoms with Crippen LogP contribution in [0.25, 0.3) is 0 Å². The van der Waals surface area contributed by atoms with Gasteiger partial charge in [0.2, 0.25) is 10.0 Å². The molecule has 1 saturated heterocycles. The molecule has 112 valence electrons. The molecule has 6 heteroatoms. The minimum atomic E-state index is -3.18. The first-order chi connectivity index (χ1) is 9.62. The van der Waals surface area contributed by atoms with Gasteiger partial charge in [0.25, 0.3) is 0 Å². The summed E-state index contributed by atoms with van der Waals surface area (Å²) in [7, 11) is -1.28. The summed E-state index contributed by atoms with van der Waals surface area (Å²) >= 11 is 1.84. The van der Waals surface area contributed by atoms with Crippen LogP contribution < -0.4 is 5.32 Å². The van der Waals surface area contributed by atoms with E-state index >= 15 is 0 Å². The van der Waals surface area contributed by atoms with Crippen LogP contribution in [-0.2, 0) is 22.3 Å². The van der Waals surface area contributed by atoms with E-state index in [9.17, 15) is 8.42 Å². The van der Waals surface area contributed by atoms with Crippen molar-refractivity contribution < 1.29 is 8.42 Å². The lowest BCUT2D eigenvalue weighted by Crippen LogP contribution is -2.33. The fourth-order valence-corrected chi connectivity index (χ4v) is 4.84. The second kappa shape index (κ2) is 7.45. The lowest BCUT2D eigenvalue weighted by atomic mass is 10.1. The third kappa shape index (κ3) is 4.48. The Labute approximate surface area is 126 Å². The number of hydrogen-bond acceptors (Lipinski definition) is 4. The molecule has 1 aromatic rings. The van der Waals surface area contributed by atoms with Gasteiger partial charge >= 0.3 is 0 Å². The van der Waals surface area contributed by atoms with Crippen LogP contribution in [0.4, 0.5) is 0 Å². The van der Waals surface area contributed by atoms with Gasteiger partial charge < -0.3 is 5.32 Å². The molecule has 1 aromatic carbocycles. The van der Waals surface area contributed by atoms with Crippen molar-refractivity contribution in [2.45, 2.75) is 18.7 Å². The lowest BCUT2D eigenvalue weighted by molar-refractivity contribution is 0.434. The highest BCUT2D eigenvalue weighted by molar-refractivity contribution is 7.99. The second-order valence-electron chi connectivity index (χ2n) is 4.97. The predicted molar refractivity (Wildman–Crippen MR) is 85.3 cm³/mol. The fraction of sp³-hybridized carbons (Fsp3) is 0.571. The average Bonchev–Trinajstić information content (AvgIpc) is 2.70. The van der Waals surface area contributed by atoms with E-state index in [2.05, 4.69) is 5.32 Å². The molecule has 0 radical (unpaired) electrons. The molecular weight excluding hydrogens is 292 g/mol. The summed E-state index contributed by atoms with van der Waals surface area (Å²) in [4.78, 5) is 0. The van der Waals surface area contributed by atoms with Crippen LogP contribution in [0.1, 0.15) is 17.5 Å². The largest absolute Gasteiger partial charge is 0.316 e. The van der Waals surface area contributed by atoms with E-state index in [-0.39, 0.29) is 5.75 Å². The Morgan fingerprint density at radius 2 is 1.85 bits per heavy atom. The maximum atomic E-state index is 12.4. The zero-order valence-corrected chi connectivity index (χ0v) is 13.5. The summed E-state index contributed by atoms with van der Waals surface area (Å²) in [5, 5.41) is 3.08. The van der Waals surface area contributed by atoms with E-state index in [1.54, 1.807) is 4.31 Å². The smallest absolute Gasteiger partial charge is 0.218 e. The molecule has 0 saturated carbocycles. The summed E-state index contributed by atoms with van der Waals surface area (Å²) in [5.41, 5.74) is 2.03. The predicted octanol–water partition coefficient (Wildman–Crippen LogP) is 1.67. The van der Waals surface area contributed by atoms with Gasteiger partial charge in [-0.05, 0) is 30.3 Å².